The molecule has 1 fully saturated rings. The maximum Gasteiger partial charge on any atom is 0.339 e. The van der Waals surface area contributed by atoms with Crippen LogP contribution in [-0.4, -0.2) is 30.6 Å². The third-order valence-electron chi connectivity index (χ3n) is 3.40. The number of hydrogen-bond donors (Lipinski definition) is 0. The fraction of sp³-hybridized carbons (Fsp3) is 0.0588. The Morgan fingerprint density at radius 1 is 1.08 bits per heavy atom. The highest BCUT2D eigenvalue weighted by atomic mass is 32.2. The molecule has 3 rings (SSSR count). The van der Waals surface area contributed by atoms with E-state index < -0.39 is 10.1 Å². The van der Waals surface area contributed by atoms with E-state index in [9.17, 15) is 13.2 Å². The van der Waals surface area contributed by atoms with E-state index in [4.69, 9.17) is 16.4 Å². The molecule has 8 heteroatoms. The van der Waals surface area contributed by atoms with Crippen LogP contribution >= 0.6 is 24.0 Å². The first-order valence-corrected chi connectivity index (χ1v) is 9.81. The molecule has 2 aromatic rings. The molecule has 1 aliphatic heterocycles. The summed E-state index contributed by atoms with van der Waals surface area (Å²) in [6, 6.07) is 14.4. The molecule has 1 amide bonds. The molecular formula is C17H13NO4S3. The number of likely N-dealkylation sites (N-methyl/N-ethyl adjacent to an activating group) is 1. The van der Waals surface area contributed by atoms with Crippen LogP contribution in [0.3, 0.4) is 0 Å². The Labute approximate surface area is 155 Å². The third-order valence-corrected chi connectivity index (χ3v) is 6.15. The molecule has 2 aromatic carbocycles. The standard InChI is InChI=1S/C17H13NO4S3/c1-18-16(19)15(24-17(18)23)11-12-7-9-13(10-8-12)22-25(20,21)14-5-3-2-4-6-14/h2-11H,1H3. The summed E-state index contributed by atoms with van der Waals surface area (Å²) < 4.78 is 30.0. The van der Waals surface area contributed by atoms with Crippen molar-refractivity contribution in [1.29, 1.82) is 0 Å². The number of carbonyl (C=O) groups excluding carboxylic acids is 1. The number of hydrogen-bond acceptors (Lipinski definition) is 6. The lowest BCUT2D eigenvalue weighted by Crippen LogP contribution is -2.22. The number of thiocarbonyl (C=S) groups is 1. The fourth-order valence-corrected chi connectivity index (χ4v) is 4.21. The molecule has 128 valence electrons. The fourth-order valence-electron chi connectivity index (χ4n) is 2.08. The van der Waals surface area contributed by atoms with Crippen molar-refractivity contribution in [3.8, 4) is 5.75 Å². The van der Waals surface area contributed by atoms with Gasteiger partial charge in [-0.25, -0.2) is 0 Å². The predicted octanol–water partition coefficient (Wildman–Crippen LogP) is 3.29. The summed E-state index contributed by atoms with van der Waals surface area (Å²) >= 11 is 6.31. The predicted molar refractivity (Wildman–Crippen MR) is 102 cm³/mol. The summed E-state index contributed by atoms with van der Waals surface area (Å²) in [4.78, 5) is 14.0. The number of nitrogens with zero attached hydrogens (tertiary/aromatic N) is 1. The highest BCUT2D eigenvalue weighted by molar-refractivity contribution is 8.26. The van der Waals surface area contributed by atoms with Crippen molar-refractivity contribution >= 4 is 50.4 Å². The van der Waals surface area contributed by atoms with Crippen LogP contribution in [0.2, 0.25) is 0 Å². The van der Waals surface area contributed by atoms with Gasteiger partial charge >= 0.3 is 10.1 Å². The smallest absolute Gasteiger partial charge is 0.339 e. The molecule has 0 unspecified atom stereocenters. The monoisotopic (exact) mass is 391 g/mol. The third kappa shape index (κ3) is 3.92. The van der Waals surface area contributed by atoms with Gasteiger partial charge < -0.3 is 4.18 Å². The molecule has 0 radical (unpaired) electrons. The lowest BCUT2D eigenvalue weighted by Gasteiger charge is -2.07. The second kappa shape index (κ2) is 6.99. The molecule has 0 bridgehead atoms. The van der Waals surface area contributed by atoms with Gasteiger partial charge in [0.25, 0.3) is 5.91 Å². The maximum atomic E-state index is 12.2. The van der Waals surface area contributed by atoms with E-state index in [2.05, 4.69) is 0 Å². The second-order valence-corrected chi connectivity index (χ2v) is 8.38. The molecule has 0 atom stereocenters. The SMILES string of the molecule is CN1C(=O)C(=Cc2ccc(OS(=O)(=O)c3ccccc3)cc2)SC1=S. The molecule has 0 spiro atoms. The normalized spacial score (nSPS) is 16.5. The van der Waals surface area contributed by atoms with E-state index >= 15 is 0 Å². The second-order valence-electron chi connectivity index (χ2n) is 5.16. The van der Waals surface area contributed by atoms with E-state index in [-0.39, 0.29) is 16.6 Å². The van der Waals surface area contributed by atoms with Crippen molar-refractivity contribution in [3.05, 3.63) is 65.1 Å². The summed E-state index contributed by atoms with van der Waals surface area (Å²) in [5.74, 6) is 0.0472. The van der Waals surface area contributed by atoms with Gasteiger partial charge in [-0.3, -0.25) is 9.69 Å². The van der Waals surface area contributed by atoms with Gasteiger partial charge in [-0.2, -0.15) is 8.42 Å². The van der Waals surface area contributed by atoms with Crippen molar-refractivity contribution in [3.63, 3.8) is 0 Å². The molecule has 25 heavy (non-hydrogen) atoms. The highest BCUT2D eigenvalue weighted by Gasteiger charge is 2.28. The van der Waals surface area contributed by atoms with Crippen LogP contribution in [0.1, 0.15) is 5.56 Å². The van der Waals surface area contributed by atoms with Crippen LogP contribution < -0.4 is 4.18 Å². The maximum absolute atomic E-state index is 12.2. The Kier molecular flexibility index (Phi) is 4.94. The zero-order valence-corrected chi connectivity index (χ0v) is 15.5. The van der Waals surface area contributed by atoms with Crippen molar-refractivity contribution in [1.82, 2.24) is 4.90 Å². The van der Waals surface area contributed by atoms with Gasteiger partial charge in [-0.1, -0.05) is 54.3 Å². The Morgan fingerprint density at radius 3 is 2.28 bits per heavy atom. The van der Waals surface area contributed by atoms with Gasteiger partial charge in [-0.05, 0) is 35.9 Å². The summed E-state index contributed by atoms with van der Waals surface area (Å²) in [6.45, 7) is 0. The van der Waals surface area contributed by atoms with E-state index in [0.29, 0.717) is 9.23 Å². The number of benzene rings is 2. The Hall–Kier alpha value is -2.16. The van der Waals surface area contributed by atoms with E-state index in [0.717, 1.165) is 5.56 Å². The Morgan fingerprint density at radius 2 is 1.72 bits per heavy atom. The number of amides is 1. The van der Waals surface area contributed by atoms with Gasteiger partial charge in [0.2, 0.25) is 0 Å². The lowest BCUT2D eigenvalue weighted by molar-refractivity contribution is -0.121. The van der Waals surface area contributed by atoms with Crippen molar-refractivity contribution < 1.29 is 17.4 Å². The lowest BCUT2D eigenvalue weighted by atomic mass is 10.2. The summed E-state index contributed by atoms with van der Waals surface area (Å²) in [7, 11) is -2.24. The van der Waals surface area contributed by atoms with Crippen LogP contribution in [0.25, 0.3) is 6.08 Å². The van der Waals surface area contributed by atoms with Gasteiger partial charge in [0.1, 0.15) is 15.0 Å². The Balaban J connectivity index is 1.77. The average molecular weight is 391 g/mol. The molecular weight excluding hydrogens is 378 g/mol. The first-order chi connectivity index (χ1) is 11.9. The molecule has 0 aliphatic carbocycles. The van der Waals surface area contributed by atoms with Crippen molar-refractivity contribution in [2.45, 2.75) is 4.90 Å². The summed E-state index contributed by atoms with van der Waals surface area (Å²) in [5, 5.41) is 0. The van der Waals surface area contributed by atoms with E-state index in [1.807, 2.05) is 0 Å². The number of rotatable bonds is 4. The van der Waals surface area contributed by atoms with Crippen LogP contribution in [0.4, 0.5) is 0 Å². The highest BCUT2D eigenvalue weighted by Crippen LogP contribution is 2.31. The topological polar surface area (TPSA) is 63.7 Å². The van der Waals surface area contributed by atoms with Gasteiger partial charge in [0.15, 0.2) is 0 Å². The summed E-state index contributed by atoms with van der Waals surface area (Å²) in [6.07, 6.45) is 1.71. The number of thioether (sulfide) groups is 1. The molecule has 5 nitrogen and oxygen atoms in total. The largest absolute Gasteiger partial charge is 0.379 e. The molecule has 1 heterocycles. The minimum Gasteiger partial charge on any atom is -0.379 e. The van der Waals surface area contributed by atoms with Gasteiger partial charge in [0.05, 0.1) is 4.91 Å². The summed E-state index contributed by atoms with van der Waals surface area (Å²) in [5.41, 5.74) is 0.749. The zero-order chi connectivity index (χ0) is 18.0. The van der Waals surface area contributed by atoms with Crippen LogP contribution in [0, 0.1) is 0 Å². The van der Waals surface area contributed by atoms with Gasteiger partial charge in [0, 0.05) is 7.05 Å². The van der Waals surface area contributed by atoms with E-state index in [1.165, 1.54) is 28.8 Å². The van der Waals surface area contributed by atoms with Crippen LogP contribution in [0.5, 0.6) is 5.75 Å². The first-order valence-electron chi connectivity index (χ1n) is 7.18. The molecule has 0 aromatic heterocycles. The molecule has 1 saturated heterocycles. The van der Waals surface area contributed by atoms with Crippen LogP contribution in [-0.2, 0) is 14.9 Å². The molecule has 1 aliphatic rings. The van der Waals surface area contributed by atoms with Crippen molar-refractivity contribution in [2.75, 3.05) is 7.05 Å². The van der Waals surface area contributed by atoms with Gasteiger partial charge in [-0.15, -0.1) is 0 Å². The molecule has 0 N–H and O–H groups in total. The first kappa shape index (κ1) is 17.7. The van der Waals surface area contributed by atoms with Crippen molar-refractivity contribution in [2.24, 2.45) is 0 Å². The number of carbonyl (C=O) groups is 1. The zero-order valence-electron chi connectivity index (χ0n) is 13.1. The minimum absolute atomic E-state index is 0.0886. The quantitative estimate of drug-likeness (QED) is 0.453. The Bertz CT molecular complexity index is 951. The van der Waals surface area contributed by atoms with E-state index in [1.54, 1.807) is 55.6 Å². The minimum atomic E-state index is -3.87. The molecule has 0 saturated carbocycles. The average Bonchev–Trinajstić information content (AvgIpc) is 2.84. The van der Waals surface area contributed by atoms with Crippen LogP contribution in [0.15, 0.2) is 64.4 Å².